The zero-order valence-corrected chi connectivity index (χ0v) is 7.72. The van der Waals surface area contributed by atoms with Gasteiger partial charge in [0.15, 0.2) is 0 Å². The molecule has 5 nitrogen and oxygen atoms in total. The summed E-state index contributed by atoms with van der Waals surface area (Å²) in [5.41, 5.74) is 8.28. The zero-order valence-electron chi connectivity index (χ0n) is 7.72. The van der Waals surface area contributed by atoms with E-state index in [1.165, 1.54) is 0 Å². The van der Waals surface area contributed by atoms with Gasteiger partial charge in [0.1, 0.15) is 0 Å². The Kier molecular flexibility index (Phi) is 5.03. The van der Waals surface area contributed by atoms with E-state index in [9.17, 15) is 0 Å². The SMILES string of the molecule is COCC(=NNC(=N)N)C(C)C. The number of hydrogen-bond acceptors (Lipinski definition) is 3. The van der Waals surface area contributed by atoms with Gasteiger partial charge in [-0.05, 0) is 5.92 Å². The number of nitrogens with one attached hydrogen (secondary N) is 2. The first kappa shape index (κ1) is 10.9. The van der Waals surface area contributed by atoms with Crippen LogP contribution in [-0.4, -0.2) is 25.4 Å². The maximum atomic E-state index is 6.88. The van der Waals surface area contributed by atoms with Crippen LogP contribution in [0.1, 0.15) is 13.8 Å². The standard InChI is InChI=1S/C7H16N4O/c1-5(2)6(4-12-3)10-11-7(8)9/h5H,4H2,1-3H3,(H4,8,9,11). The molecule has 0 aliphatic rings. The first-order valence-electron chi connectivity index (χ1n) is 3.73. The second-order valence-electron chi connectivity index (χ2n) is 2.72. The molecule has 70 valence electrons. The molecule has 0 aromatic heterocycles. The van der Waals surface area contributed by atoms with Gasteiger partial charge in [0.05, 0.1) is 12.3 Å². The van der Waals surface area contributed by atoms with E-state index in [4.69, 9.17) is 15.9 Å². The topological polar surface area (TPSA) is 83.5 Å². The van der Waals surface area contributed by atoms with E-state index in [0.29, 0.717) is 6.61 Å². The molecular formula is C7H16N4O. The van der Waals surface area contributed by atoms with Crippen LogP contribution in [0.2, 0.25) is 0 Å². The van der Waals surface area contributed by atoms with Crippen molar-refractivity contribution in [3.05, 3.63) is 0 Å². The van der Waals surface area contributed by atoms with Crippen molar-refractivity contribution in [3.63, 3.8) is 0 Å². The van der Waals surface area contributed by atoms with Crippen molar-refractivity contribution >= 4 is 11.7 Å². The van der Waals surface area contributed by atoms with Crippen LogP contribution in [0.4, 0.5) is 0 Å². The van der Waals surface area contributed by atoms with Gasteiger partial charge < -0.3 is 10.5 Å². The van der Waals surface area contributed by atoms with Crippen LogP contribution < -0.4 is 11.2 Å². The second kappa shape index (κ2) is 5.54. The highest BCUT2D eigenvalue weighted by Gasteiger charge is 2.04. The van der Waals surface area contributed by atoms with Gasteiger partial charge in [-0.2, -0.15) is 5.10 Å². The van der Waals surface area contributed by atoms with Crippen LogP contribution in [0.5, 0.6) is 0 Å². The third-order valence-corrected chi connectivity index (χ3v) is 1.28. The summed E-state index contributed by atoms with van der Waals surface area (Å²) in [6, 6.07) is 0. The lowest BCUT2D eigenvalue weighted by Crippen LogP contribution is -2.28. The zero-order chi connectivity index (χ0) is 9.56. The highest BCUT2D eigenvalue weighted by atomic mass is 16.5. The fourth-order valence-corrected chi connectivity index (χ4v) is 0.608. The summed E-state index contributed by atoms with van der Waals surface area (Å²) in [6.45, 7) is 4.46. The lowest BCUT2D eigenvalue weighted by Gasteiger charge is -2.08. The Labute approximate surface area is 72.5 Å². The van der Waals surface area contributed by atoms with Crippen LogP contribution in [0, 0.1) is 11.3 Å². The molecule has 0 radical (unpaired) electrons. The number of nitrogens with two attached hydrogens (primary N) is 1. The number of methoxy groups -OCH3 is 1. The summed E-state index contributed by atoms with van der Waals surface area (Å²) in [5.74, 6) is 0.126. The minimum absolute atomic E-state index is 0.163. The van der Waals surface area contributed by atoms with E-state index in [1.54, 1.807) is 7.11 Å². The van der Waals surface area contributed by atoms with E-state index in [2.05, 4.69) is 10.5 Å². The molecule has 0 amide bonds. The minimum atomic E-state index is -0.163. The van der Waals surface area contributed by atoms with Gasteiger partial charge in [-0.1, -0.05) is 13.8 Å². The largest absolute Gasteiger partial charge is 0.379 e. The Morgan fingerprint density at radius 2 is 2.25 bits per heavy atom. The highest BCUT2D eigenvalue weighted by molar-refractivity contribution is 5.88. The molecule has 0 saturated carbocycles. The molecule has 5 heteroatoms. The van der Waals surface area contributed by atoms with Gasteiger partial charge in [-0.15, -0.1) is 0 Å². The van der Waals surface area contributed by atoms with Crippen LogP contribution in [0.25, 0.3) is 0 Å². The predicted molar refractivity (Wildman–Crippen MR) is 49.2 cm³/mol. The van der Waals surface area contributed by atoms with E-state index in [-0.39, 0.29) is 11.9 Å². The van der Waals surface area contributed by atoms with E-state index in [1.807, 2.05) is 13.8 Å². The number of hydrogen-bond donors (Lipinski definition) is 3. The normalized spacial score (nSPS) is 11.8. The van der Waals surface area contributed by atoms with Crippen molar-refractivity contribution in [1.29, 1.82) is 5.41 Å². The number of hydrazone groups is 1. The molecule has 0 rings (SSSR count). The average Bonchev–Trinajstić information content (AvgIpc) is 1.96. The number of ether oxygens (including phenoxy) is 1. The Morgan fingerprint density at radius 1 is 1.67 bits per heavy atom. The van der Waals surface area contributed by atoms with Crippen LogP contribution in [0.3, 0.4) is 0 Å². The molecule has 12 heavy (non-hydrogen) atoms. The first-order valence-corrected chi connectivity index (χ1v) is 3.73. The molecule has 0 atom stereocenters. The molecule has 0 bridgehead atoms. The van der Waals surface area contributed by atoms with E-state index in [0.717, 1.165) is 5.71 Å². The molecule has 4 N–H and O–H groups in total. The van der Waals surface area contributed by atoms with E-state index < -0.39 is 0 Å². The van der Waals surface area contributed by atoms with Gasteiger partial charge >= 0.3 is 0 Å². The molecule has 0 aromatic rings. The molecule has 0 aliphatic carbocycles. The third-order valence-electron chi connectivity index (χ3n) is 1.28. The maximum absolute atomic E-state index is 6.88. The Hall–Kier alpha value is -1.10. The lowest BCUT2D eigenvalue weighted by molar-refractivity contribution is 0.241. The molecule has 0 aromatic carbocycles. The second-order valence-corrected chi connectivity index (χ2v) is 2.72. The van der Waals surface area contributed by atoms with Gasteiger partial charge in [0.2, 0.25) is 5.96 Å². The average molecular weight is 172 g/mol. The summed E-state index contributed by atoms with van der Waals surface area (Å²) in [6.07, 6.45) is 0. The Bertz CT molecular complexity index is 176. The summed E-state index contributed by atoms with van der Waals surface area (Å²) in [4.78, 5) is 0. The van der Waals surface area contributed by atoms with Crippen molar-refractivity contribution < 1.29 is 4.74 Å². The Balaban J connectivity index is 4.08. The van der Waals surface area contributed by atoms with Crippen LogP contribution in [-0.2, 0) is 4.74 Å². The Morgan fingerprint density at radius 3 is 2.58 bits per heavy atom. The summed E-state index contributed by atoms with van der Waals surface area (Å²) < 4.78 is 4.92. The van der Waals surface area contributed by atoms with E-state index >= 15 is 0 Å². The monoisotopic (exact) mass is 172 g/mol. The third kappa shape index (κ3) is 4.68. The smallest absolute Gasteiger partial charge is 0.206 e. The lowest BCUT2D eigenvalue weighted by atomic mass is 10.1. The van der Waals surface area contributed by atoms with Crippen molar-refractivity contribution in [2.24, 2.45) is 16.8 Å². The van der Waals surface area contributed by atoms with Gasteiger partial charge in [-0.25, -0.2) is 5.43 Å². The van der Waals surface area contributed by atoms with Gasteiger partial charge in [0.25, 0.3) is 0 Å². The van der Waals surface area contributed by atoms with Gasteiger partial charge in [0, 0.05) is 7.11 Å². The summed E-state index contributed by atoms with van der Waals surface area (Å²) >= 11 is 0. The molecule has 0 spiro atoms. The quantitative estimate of drug-likeness (QED) is 0.320. The van der Waals surface area contributed by atoms with Gasteiger partial charge in [-0.3, -0.25) is 5.41 Å². The maximum Gasteiger partial charge on any atom is 0.206 e. The number of guanidine groups is 1. The molecule has 0 unspecified atom stereocenters. The van der Waals surface area contributed by atoms with Crippen molar-refractivity contribution in [1.82, 2.24) is 5.43 Å². The van der Waals surface area contributed by atoms with Crippen LogP contribution in [0.15, 0.2) is 5.10 Å². The molecular weight excluding hydrogens is 156 g/mol. The minimum Gasteiger partial charge on any atom is -0.379 e. The summed E-state index contributed by atoms with van der Waals surface area (Å²) in [7, 11) is 1.60. The first-order chi connectivity index (χ1) is 5.57. The molecule has 0 aliphatic heterocycles. The number of nitrogens with zero attached hydrogens (tertiary/aromatic N) is 1. The molecule has 0 heterocycles. The molecule has 0 fully saturated rings. The fraction of sp³-hybridized carbons (Fsp3) is 0.714. The predicted octanol–water partition coefficient (Wildman–Crippen LogP) is 0.128. The highest BCUT2D eigenvalue weighted by Crippen LogP contribution is 1.96. The van der Waals surface area contributed by atoms with Crippen molar-refractivity contribution in [3.8, 4) is 0 Å². The number of rotatable bonds is 4. The molecule has 0 saturated heterocycles. The van der Waals surface area contributed by atoms with Crippen molar-refractivity contribution in [2.45, 2.75) is 13.8 Å². The summed E-state index contributed by atoms with van der Waals surface area (Å²) in [5, 5.41) is 10.8. The van der Waals surface area contributed by atoms with Crippen molar-refractivity contribution in [2.75, 3.05) is 13.7 Å². The van der Waals surface area contributed by atoms with Crippen LogP contribution >= 0.6 is 0 Å². The fourth-order valence-electron chi connectivity index (χ4n) is 0.608.